The van der Waals surface area contributed by atoms with E-state index in [1.807, 2.05) is 0 Å². The average Bonchev–Trinajstić information content (AvgIpc) is 2.28. The van der Waals surface area contributed by atoms with Gasteiger partial charge in [0.1, 0.15) is 0 Å². The first-order chi connectivity index (χ1) is 7.63. The van der Waals surface area contributed by atoms with Crippen molar-refractivity contribution < 1.29 is 18.7 Å². The van der Waals surface area contributed by atoms with Crippen molar-refractivity contribution in [3.63, 3.8) is 0 Å². The number of rotatable bonds is 3. The first-order valence-electron chi connectivity index (χ1n) is 4.15. The van der Waals surface area contributed by atoms with Crippen LogP contribution in [0.5, 0.6) is 5.75 Å². The molecule has 0 aromatic heterocycles. The van der Waals surface area contributed by atoms with E-state index in [1.165, 1.54) is 13.2 Å². The molecule has 0 fully saturated rings. The van der Waals surface area contributed by atoms with Crippen LogP contribution in [-0.4, -0.2) is 20.2 Å². The van der Waals surface area contributed by atoms with E-state index < -0.39 is 11.8 Å². The fourth-order valence-corrected chi connectivity index (χ4v) is 1.14. The van der Waals surface area contributed by atoms with E-state index >= 15 is 0 Å². The highest BCUT2D eigenvalue weighted by atomic mass is 19.1. The maximum absolute atomic E-state index is 13.4. The summed E-state index contributed by atoms with van der Waals surface area (Å²) >= 11 is 0. The number of esters is 1. The Hall–Kier alpha value is -2.27. The van der Waals surface area contributed by atoms with Crippen molar-refractivity contribution in [3.05, 3.63) is 34.0 Å². The van der Waals surface area contributed by atoms with Crippen molar-refractivity contribution in [2.24, 2.45) is 5.11 Å². The Balaban J connectivity index is 3.38. The molecule has 0 heterocycles. The molecule has 0 saturated carbocycles. The Kier molecular flexibility index (Phi) is 3.68. The minimum absolute atomic E-state index is 0.0526. The molecule has 0 amide bonds. The summed E-state index contributed by atoms with van der Waals surface area (Å²) in [6, 6.07) is 2.13. The zero-order valence-electron chi connectivity index (χ0n) is 8.60. The fraction of sp³-hybridized carbons (Fsp3) is 0.222. The molecule has 6 nitrogen and oxygen atoms in total. The summed E-state index contributed by atoms with van der Waals surface area (Å²) in [5.41, 5.74) is 8.12. The summed E-state index contributed by atoms with van der Waals surface area (Å²) in [5.74, 6) is -1.74. The third kappa shape index (κ3) is 2.21. The van der Waals surface area contributed by atoms with Gasteiger partial charge in [-0.25, -0.2) is 9.18 Å². The molecule has 0 spiro atoms. The van der Waals surface area contributed by atoms with Crippen LogP contribution in [0.1, 0.15) is 10.4 Å². The molecule has 16 heavy (non-hydrogen) atoms. The van der Waals surface area contributed by atoms with E-state index in [1.54, 1.807) is 0 Å². The van der Waals surface area contributed by atoms with Crippen LogP contribution in [0.25, 0.3) is 10.4 Å². The molecule has 0 radical (unpaired) electrons. The molecule has 0 aliphatic carbocycles. The molecule has 1 aromatic carbocycles. The number of carbonyl (C=O) groups is 1. The standard InChI is InChI=1S/C9H8FN3O3/c1-15-8-6(10)3-5(9(14)16-2)4-7(8)12-13-11/h3-4H,1-2H3. The SMILES string of the molecule is COC(=O)c1cc(F)c(OC)c(N=[N+]=[N-])c1. The van der Waals surface area contributed by atoms with Gasteiger partial charge in [0.05, 0.1) is 25.5 Å². The molecule has 84 valence electrons. The van der Waals surface area contributed by atoms with Gasteiger partial charge in [0.15, 0.2) is 11.6 Å². The molecule has 7 heteroatoms. The van der Waals surface area contributed by atoms with Crippen molar-refractivity contribution in [3.8, 4) is 5.75 Å². The van der Waals surface area contributed by atoms with Crippen molar-refractivity contribution in [2.45, 2.75) is 0 Å². The lowest BCUT2D eigenvalue weighted by molar-refractivity contribution is 0.0600. The predicted molar refractivity (Wildman–Crippen MR) is 53.1 cm³/mol. The van der Waals surface area contributed by atoms with E-state index in [-0.39, 0.29) is 17.0 Å². The maximum atomic E-state index is 13.4. The summed E-state index contributed by atoms with van der Waals surface area (Å²) in [5, 5.41) is 3.22. The van der Waals surface area contributed by atoms with Gasteiger partial charge in [0.2, 0.25) is 0 Å². The topological polar surface area (TPSA) is 84.3 Å². The monoisotopic (exact) mass is 225 g/mol. The third-order valence-electron chi connectivity index (χ3n) is 1.80. The predicted octanol–water partition coefficient (Wildman–Crippen LogP) is 2.56. The smallest absolute Gasteiger partial charge is 0.337 e. The van der Waals surface area contributed by atoms with Gasteiger partial charge >= 0.3 is 5.97 Å². The second-order valence-electron chi connectivity index (χ2n) is 2.69. The Morgan fingerprint density at radius 3 is 2.69 bits per heavy atom. The number of halogens is 1. The van der Waals surface area contributed by atoms with Crippen LogP contribution in [0.2, 0.25) is 0 Å². The number of carbonyl (C=O) groups excluding carboxylic acids is 1. The first-order valence-corrected chi connectivity index (χ1v) is 4.15. The van der Waals surface area contributed by atoms with E-state index in [2.05, 4.69) is 14.8 Å². The minimum atomic E-state index is -0.798. The molecule has 1 aromatic rings. The number of benzene rings is 1. The number of nitrogens with zero attached hydrogens (tertiary/aromatic N) is 3. The summed E-state index contributed by atoms with van der Waals surface area (Å²) in [6.07, 6.45) is 0. The number of hydrogen-bond acceptors (Lipinski definition) is 4. The number of ether oxygens (including phenoxy) is 2. The quantitative estimate of drug-likeness (QED) is 0.343. The van der Waals surface area contributed by atoms with Gasteiger partial charge in [-0.1, -0.05) is 5.11 Å². The second kappa shape index (κ2) is 4.99. The van der Waals surface area contributed by atoms with Crippen LogP contribution in [0.4, 0.5) is 10.1 Å². The molecule has 0 atom stereocenters. The molecule has 0 bridgehead atoms. The lowest BCUT2D eigenvalue weighted by Crippen LogP contribution is -2.02. The lowest BCUT2D eigenvalue weighted by atomic mass is 10.2. The number of azide groups is 1. The maximum Gasteiger partial charge on any atom is 0.337 e. The molecule has 0 aliphatic rings. The summed E-state index contributed by atoms with van der Waals surface area (Å²) in [7, 11) is 2.39. The van der Waals surface area contributed by atoms with E-state index in [4.69, 9.17) is 10.3 Å². The largest absolute Gasteiger partial charge is 0.493 e. The molecular formula is C9H8FN3O3. The van der Waals surface area contributed by atoms with Crippen molar-refractivity contribution >= 4 is 11.7 Å². The normalized spacial score (nSPS) is 9.19. The van der Waals surface area contributed by atoms with Gasteiger partial charge in [-0.3, -0.25) is 0 Å². The van der Waals surface area contributed by atoms with Crippen LogP contribution in [0.3, 0.4) is 0 Å². The molecule has 1 rings (SSSR count). The highest BCUT2D eigenvalue weighted by molar-refractivity contribution is 5.90. The lowest BCUT2D eigenvalue weighted by Gasteiger charge is -2.07. The number of hydrogen-bond donors (Lipinski definition) is 0. The zero-order chi connectivity index (χ0) is 12.1. The Labute approximate surface area is 90.2 Å². The molecule has 0 N–H and O–H groups in total. The Morgan fingerprint density at radius 2 is 2.19 bits per heavy atom. The number of methoxy groups -OCH3 is 2. The zero-order valence-corrected chi connectivity index (χ0v) is 8.60. The summed E-state index contributed by atoms with van der Waals surface area (Å²) in [4.78, 5) is 13.7. The van der Waals surface area contributed by atoms with Crippen molar-refractivity contribution in [1.29, 1.82) is 0 Å². The Morgan fingerprint density at radius 1 is 1.50 bits per heavy atom. The first kappa shape index (κ1) is 11.8. The van der Waals surface area contributed by atoms with Crippen LogP contribution in [0.15, 0.2) is 17.2 Å². The second-order valence-corrected chi connectivity index (χ2v) is 2.69. The van der Waals surface area contributed by atoms with Gasteiger partial charge in [-0.05, 0) is 17.7 Å². The minimum Gasteiger partial charge on any atom is -0.493 e. The van der Waals surface area contributed by atoms with Crippen molar-refractivity contribution in [1.82, 2.24) is 0 Å². The van der Waals surface area contributed by atoms with Crippen molar-refractivity contribution in [2.75, 3.05) is 14.2 Å². The fourth-order valence-electron chi connectivity index (χ4n) is 1.14. The molecular weight excluding hydrogens is 217 g/mol. The molecule has 0 saturated heterocycles. The molecule has 0 aliphatic heterocycles. The average molecular weight is 225 g/mol. The van der Waals surface area contributed by atoms with Crippen LogP contribution in [0, 0.1) is 5.82 Å². The van der Waals surface area contributed by atoms with Gasteiger partial charge in [0.25, 0.3) is 0 Å². The van der Waals surface area contributed by atoms with Gasteiger partial charge in [-0.2, -0.15) is 0 Å². The highest BCUT2D eigenvalue weighted by Crippen LogP contribution is 2.32. The van der Waals surface area contributed by atoms with Crippen LogP contribution in [-0.2, 0) is 4.74 Å². The van der Waals surface area contributed by atoms with E-state index in [0.29, 0.717) is 0 Å². The highest BCUT2D eigenvalue weighted by Gasteiger charge is 2.14. The van der Waals surface area contributed by atoms with Gasteiger partial charge in [0, 0.05) is 4.91 Å². The Bertz CT molecular complexity index is 469. The van der Waals surface area contributed by atoms with E-state index in [9.17, 15) is 9.18 Å². The van der Waals surface area contributed by atoms with Gasteiger partial charge < -0.3 is 9.47 Å². The third-order valence-corrected chi connectivity index (χ3v) is 1.80. The molecule has 0 unspecified atom stereocenters. The van der Waals surface area contributed by atoms with Crippen LogP contribution < -0.4 is 4.74 Å². The van der Waals surface area contributed by atoms with Gasteiger partial charge in [-0.15, -0.1) is 0 Å². The summed E-state index contributed by atoms with van der Waals surface area (Å²) in [6.45, 7) is 0. The van der Waals surface area contributed by atoms with Crippen LogP contribution >= 0.6 is 0 Å². The summed E-state index contributed by atoms with van der Waals surface area (Å²) < 4.78 is 22.5. The van der Waals surface area contributed by atoms with E-state index in [0.717, 1.165) is 13.2 Å².